The summed E-state index contributed by atoms with van der Waals surface area (Å²) in [6, 6.07) is 9.74. The third kappa shape index (κ3) is 4.44. The maximum absolute atomic E-state index is 13.6. The van der Waals surface area contributed by atoms with Crippen molar-refractivity contribution in [3.05, 3.63) is 57.9 Å². The molecule has 2 N–H and O–H groups in total. The van der Waals surface area contributed by atoms with Crippen LogP contribution in [0.5, 0.6) is 5.75 Å². The zero-order valence-corrected chi connectivity index (χ0v) is 15.6. The van der Waals surface area contributed by atoms with Crippen LogP contribution in [-0.2, 0) is 9.59 Å². The molecule has 0 saturated carbocycles. The standard InChI is InChI=1S/C19H16FN5O5/c20-14-2-1-3-15(13(14)9-21)22-6-7-23-18(26)10-24-16-8-12(25(28)29)4-5-17(16)30-11-19(24)27/h1-5,8,22H,6-7,10-11H2,(H,23,26). The zero-order chi connectivity index (χ0) is 21.7. The van der Waals surface area contributed by atoms with E-state index in [1.807, 2.05) is 0 Å². The summed E-state index contributed by atoms with van der Waals surface area (Å²) in [5.74, 6) is -1.38. The number of carbonyl (C=O) groups is 2. The van der Waals surface area contributed by atoms with Crippen molar-refractivity contribution in [3.63, 3.8) is 0 Å². The summed E-state index contributed by atoms with van der Waals surface area (Å²) in [7, 11) is 0. The molecule has 0 aromatic heterocycles. The van der Waals surface area contributed by atoms with Crippen LogP contribution in [0.2, 0.25) is 0 Å². The van der Waals surface area contributed by atoms with Crippen LogP contribution in [0.25, 0.3) is 0 Å². The molecular weight excluding hydrogens is 397 g/mol. The Morgan fingerprint density at radius 1 is 1.33 bits per heavy atom. The average molecular weight is 413 g/mol. The molecule has 0 bridgehead atoms. The first-order valence-electron chi connectivity index (χ1n) is 8.81. The van der Waals surface area contributed by atoms with Crippen molar-refractivity contribution in [1.82, 2.24) is 5.32 Å². The third-order valence-electron chi connectivity index (χ3n) is 4.29. The highest BCUT2D eigenvalue weighted by Gasteiger charge is 2.29. The molecule has 1 aliphatic rings. The van der Waals surface area contributed by atoms with Gasteiger partial charge in [0.2, 0.25) is 5.91 Å². The highest BCUT2D eigenvalue weighted by Crippen LogP contribution is 2.35. The summed E-state index contributed by atoms with van der Waals surface area (Å²) >= 11 is 0. The van der Waals surface area contributed by atoms with Gasteiger partial charge in [-0.25, -0.2) is 4.39 Å². The van der Waals surface area contributed by atoms with E-state index >= 15 is 0 Å². The summed E-state index contributed by atoms with van der Waals surface area (Å²) in [6.45, 7) is -0.278. The summed E-state index contributed by atoms with van der Waals surface area (Å²) in [5.41, 5.74) is 0.0921. The minimum atomic E-state index is -0.648. The molecule has 1 aliphatic heterocycles. The second-order valence-corrected chi connectivity index (χ2v) is 6.23. The lowest BCUT2D eigenvalue weighted by Gasteiger charge is -2.28. The van der Waals surface area contributed by atoms with Crippen molar-refractivity contribution in [2.75, 3.05) is 36.5 Å². The number of benzene rings is 2. The van der Waals surface area contributed by atoms with Crippen molar-refractivity contribution < 1.29 is 23.6 Å². The Bertz CT molecular complexity index is 1050. The van der Waals surface area contributed by atoms with Gasteiger partial charge in [-0.1, -0.05) is 6.07 Å². The van der Waals surface area contributed by atoms with E-state index in [0.29, 0.717) is 5.69 Å². The maximum Gasteiger partial charge on any atom is 0.271 e. The molecule has 154 valence electrons. The Labute approximate surface area is 170 Å². The fourth-order valence-corrected chi connectivity index (χ4v) is 2.86. The number of hydrogen-bond acceptors (Lipinski definition) is 7. The Hall–Kier alpha value is -4.20. The Morgan fingerprint density at radius 3 is 2.87 bits per heavy atom. The van der Waals surface area contributed by atoms with E-state index in [0.717, 1.165) is 4.90 Å². The van der Waals surface area contributed by atoms with Gasteiger partial charge < -0.3 is 15.4 Å². The molecule has 2 aromatic carbocycles. The van der Waals surface area contributed by atoms with E-state index < -0.39 is 22.6 Å². The number of rotatable bonds is 7. The van der Waals surface area contributed by atoms with Crippen LogP contribution in [0, 0.1) is 27.3 Å². The molecule has 0 radical (unpaired) electrons. The number of nitrogens with one attached hydrogen (secondary N) is 2. The van der Waals surface area contributed by atoms with Gasteiger partial charge in [0.05, 0.1) is 16.3 Å². The molecule has 0 saturated heterocycles. The smallest absolute Gasteiger partial charge is 0.271 e. The van der Waals surface area contributed by atoms with Gasteiger partial charge in [0.25, 0.3) is 11.6 Å². The van der Waals surface area contributed by atoms with E-state index in [4.69, 9.17) is 10.00 Å². The topological polar surface area (TPSA) is 138 Å². The van der Waals surface area contributed by atoms with Crippen molar-refractivity contribution >= 4 is 28.9 Å². The fourth-order valence-electron chi connectivity index (χ4n) is 2.86. The van der Waals surface area contributed by atoms with Crippen LogP contribution >= 0.6 is 0 Å². The van der Waals surface area contributed by atoms with Gasteiger partial charge in [0, 0.05) is 25.2 Å². The van der Waals surface area contributed by atoms with E-state index in [9.17, 15) is 24.1 Å². The number of hydrogen-bond donors (Lipinski definition) is 2. The number of ether oxygens (including phenoxy) is 1. The quantitative estimate of drug-likeness (QED) is 0.399. The molecule has 10 nitrogen and oxygen atoms in total. The number of halogens is 1. The van der Waals surface area contributed by atoms with Crippen LogP contribution < -0.4 is 20.3 Å². The number of nitro groups is 1. The van der Waals surface area contributed by atoms with Gasteiger partial charge in [-0.2, -0.15) is 5.26 Å². The van der Waals surface area contributed by atoms with E-state index in [1.165, 1.54) is 30.3 Å². The lowest BCUT2D eigenvalue weighted by molar-refractivity contribution is -0.384. The molecule has 0 fully saturated rings. The number of nitro benzene ring substituents is 1. The zero-order valence-electron chi connectivity index (χ0n) is 15.6. The van der Waals surface area contributed by atoms with Crippen molar-refractivity contribution in [3.8, 4) is 11.8 Å². The molecule has 30 heavy (non-hydrogen) atoms. The van der Waals surface area contributed by atoms with E-state index in [-0.39, 0.29) is 48.9 Å². The van der Waals surface area contributed by atoms with Gasteiger partial charge >= 0.3 is 0 Å². The molecule has 11 heteroatoms. The molecule has 0 aliphatic carbocycles. The van der Waals surface area contributed by atoms with Crippen LogP contribution in [0.4, 0.5) is 21.5 Å². The first-order chi connectivity index (χ1) is 14.4. The number of nitriles is 1. The average Bonchev–Trinajstić information content (AvgIpc) is 2.73. The predicted molar refractivity (Wildman–Crippen MR) is 104 cm³/mol. The number of nitrogens with zero attached hydrogens (tertiary/aromatic N) is 3. The second-order valence-electron chi connectivity index (χ2n) is 6.23. The minimum absolute atomic E-state index is 0.124. The summed E-state index contributed by atoms with van der Waals surface area (Å²) in [6.07, 6.45) is 0. The van der Waals surface area contributed by atoms with Gasteiger partial charge in [0.1, 0.15) is 29.7 Å². The first-order valence-corrected chi connectivity index (χ1v) is 8.81. The monoisotopic (exact) mass is 413 g/mol. The van der Waals surface area contributed by atoms with Crippen LogP contribution in [0.1, 0.15) is 5.56 Å². The van der Waals surface area contributed by atoms with Crippen molar-refractivity contribution in [2.24, 2.45) is 0 Å². The summed E-state index contributed by atoms with van der Waals surface area (Å²) in [4.78, 5) is 35.9. The number of amides is 2. The predicted octanol–water partition coefficient (Wildman–Crippen LogP) is 1.56. The van der Waals surface area contributed by atoms with Gasteiger partial charge in [0.15, 0.2) is 6.61 Å². The molecular formula is C19H16FN5O5. The molecule has 3 rings (SSSR count). The van der Waals surface area contributed by atoms with Crippen LogP contribution in [0.3, 0.4) is 0 Å². The maximum atomic E-state index is 13.6. The van der Waals surface area contributed by atoms with Gasteiger partial charge in [-0.05, 0) is 18.2 Å². The molecule has 0 unspecified atom stereocenters. The minimum Gasteiger partial charge on any atom is -0.482 e. The summed E-state index contributed by atoms with van der Waals surface area (Å²) < 4.78 is 18.8. The number of fused-ring (bicyclic) bond motifs is 1. The SMILES string of the molecule is N#Cc1c(F)cccc1NCCNC(=O)CN1C(=O)COc2ccc([N+](=O)[O-])cc21. The van der Waals surface area contributed by atoms with E-state index in [1.54, 1.807) is 12.1 Å². The normalized spacial score (nSPS) is 12.4. The Balaban J connectivity index is 1.59. The second kappa shape index (κ2) is 8.87. The third-order valence-corrected chi connectivity index (χ3v) is 4.29. The number of anilines is 2. The fraction of sp³-hybridized carbons (Fsp3) is 0.211. The number of carbonyl (C=O) groups excluding carboxylic acids is 2. The van der Waals surface area contributed by atoms with Gasteiger partial charge in [-0.3, -0.25) is 24.6 Å². The van der Waals surface area contributed by atoms with Crippen molar-refractivity contribution in [1.29, 1.82) is 5.26 Å². The highest BCUT2D eigenvalue weighted by atomic mass is 19.1. The lowest BCUT2D eigenvalue weighted by Crippen LogP contribution is -2.45. The Morgan fingerprint density at radius 2 is 2.13 bits per heavy atom. The first kappa shape index (κ1) is 20.5. The van der Waals surface area contributed by atoms with Crippen molar-refractivity contribution in [2.45, 2.75) is 0 Å². The largest absolute Gasteiger partial charge is 0.482 e. The molecule has 0 spiro atoms. The number of non-ortho nitro benzene ring substituents is 1. The van der Waals surface area contributed by atoms with Crippen LogP contribution in [0.15, 0.2) is 36.4 Å². The summed E-state index contributed by atoms with van der Waals surface area (Å²) in [5, 5.41) is 25.4. The molecule has 0 atom stereocenters. The van der Waals surface area contributed by atoms with Crippen LogP contribution in [-0.4, -0.2) is 43.0 Å². The molecule has 1 heterocycles. The molecule has 2 aromatic rings. The highest BCUT2D eigenvalue weighted by molar-refractivity contribution is 6.02. The van der Waals surface area contributed by atoms with E-state index in [2.05, 4.69) is 10.6 Å². The van der Waals surface area contributed by atoms with Gasteiger partial charge in [-0.15, -0.1) is 0 Å². The Kier molecular flexibility index (Phi) is 6.07. The lowest BCUT2D eigenvalue weighted by atomic mass is 10.2. The molecule has 2 amide bonds.